The fourth-order valence-corrected chi connectivity index (χ4v) is 3.65. The molecule has 1 saturated heterocycles. The number of nitrogens with one attached hydrogen (secondary N) is 1. The second-order valence-electron chi connectivity index (χ2n) is 5.37. The summed E-state index contributed by atoms with van der Waals surface area (Å²) in [6.45, 7) is 4.76. The first-order valence-electron chi connectivity index (χ1n) is 7.45. The van der Waals surface area contributed by atoms with E-state index in [1.54, 1.807) is 0 Å². The third kappa shape index (κ3) is 3.35. The first-order valence-corrected chi connectivity index (χ1v) is 8.60. The number of thioether (sulfide) groups is 1. The molecule has 0 aliphatic carbocycles. The van der Waals surface area contributed by atoms with Gasteiger partial charge in [-0.1, -0.05) is 0 Å². The third-order valence-corrected chi connectivity index (χ3v) is 4.84. The van der Waals surface area contributed by atoms with Crippen molar-refractivity contribution < 1.29 is 4.79 Å². The number of amides is 1. The van der Waals surface area contributed by atoms with E-state index in [2.05, 4.69) is 21.2 Å². The quantitative estimate of drug-likeness (QED) is 0.899. The van der Waals surface area contributed by atoms with Gasteiger partial charge in [0.1, 0.15) is 0 Å². The summed E-state index contributed by atoms with van der Waals surface area (Å²) in [5.41, 5.74) is 2.31. The number of carbonyl (C=O) groups is 1. The first kappa shape index (κ1) is 13.9. The highest BCUT2D eigenvalue weighted by molar-refractivity contribution is 7.99. The Labute approximate surface area is 124 Å². The summed E-state index contributed by atoms with van der Waals surface area (Å²) < 4.78 is 2.09. The Kier molecular flexibility index (Phi) is 4.62. The van der Waals surface area contributed by atoms with Crippen LogP contribution < -0.4 is 5.32 Å². The number of aryl methyl sites for hydroxylation is 2. The molecular formula is C14H22N4OS. The number of carbonyl (C=O) groups excluding carboxylic acids is 1. The molecule has 1 aromatic heterocycles. The molecule has 5 nitrogen and oxygen atoms in total. The van der Waals surface area contributed by atoms with Crippen molar-refractivity contribution >= 4 is 17.7 Å². The smallest absolute Gasteiger partial charge is 0.223 e. The Bertz CT molecular complexity index is 444. The van der Waals surface area contributed by atoms with Crippen LogP contribution in [0.3, 0.4) is 0 Å². The van der Waals surface area contributed by atoms with Gasteiger partial charge in [0.25, 0.3) is 0 Å². The second-order valence-corrected chi connectivity index (χ2v) is 6.60. The Morgan fingerprint density at radius 3 is 3.05 bits per heavy atom. The minimum Gasteiger partial charge on any atom is -0.341 e. The zero-order chi connectivity index (χ0) is 13.8. The molecule has 1 N–H and O–H groups in total. The highest BCUT2D eigenvalue weighted by atomic mass is 32.2. The van der Waals surface area contributed by atoms with Gasteiger partial charge in [-0.15, -0.1) is 0 Å². The van der Waals surface area contributed by atoms with Gasteiger partial charge in [0, 0.05) is 50.5 Å². The molecule has 2 aliphatic rings. The number of fused-ring (bicyclic) bond motifs is 1. The van der Waals surface area contributed by atoms with Crippen molar-refractivity contribution in [3.05, 3.63) is 17.5 Å². The van der Waals surface area contributed by atoms with Crippen molar-refractivity contribution in [1.29, 1.82) is 0 Å². The van der Waals surface area contributed by atoms with E-state index in [1.807, 2.05) is 16.7 Å². The maximum absolute atomic E-state index is 12.1. The lowest BCUT2D eigenvalue weighted by Crippen LogP contribution is -2.38. The monoisotopic (exact) mass is 294 g/mol. The van der Waals surface area contributed by atoms with Gasteiger partial charge in [-0.25, -0.2) is 0 Å². The predicted octanol–water partition coefficient (Wildman–Crippen LogP) is 0.884. The molecule has 0 bridgehead atoms. The molecule has 0 saturated carbocycles. The Morgan fingerprint density at radius 2 is 2.20 bits per heavy atom. The molecule has 2 aliphatic heterocycles. The van der Waals surface area contributed by atoms with Gasteiger partial charge in [-0.3, -0.25) is 9.48 Å². The van der Waals surface area contributed by atoms with Crippen LogP contribution in [0.25, 0.3) is 0 Å². The molecule has 20 heavy (non-hydrogen) atoms. The van der Waals surface area contributed by atoms with E-state index in [0.29, 0.717) is 6.42 Å². The summed E-state index contributed by atoms with van der Waals surface area (Å²) in [7, 11) is 0. The minimum absolute atomic E-state index is 0.284. The topological polar surface area (TPSA) is 50.2 Å². The van der Waals surface area contributed by atoms with Crippen LogP contribution in [-0.4, -0.2) is 51.7 Å². The molecule has 1 aromatic rings. The van der Waals surface area contributed by atoms with Gasteiger partial charge >= 0.3 is 0 Å². The van der Waals surface area contributed by atoms with Gasteiger partial charge in [0.05, 0.1) is 11.4 Å². The molecule has 0 aromatic carbocycles. The predicted molar refractivity (Wildman–Crippen MR) is 80.8 cm³/mol. The summed E-state index contributed by atoms with van der Waals surface area (Å²) in [4.78, 5) is 14.1. The van der Waals surface area contributed by atoms with E-state index in [0.717, 1.165) is 62.8 Å². The van der Waals surface area contributed by atoms with E-state index >= 15 is 0 Å². The van der Waals surface area contributed by atoms with E-state index in [9.17, 15) is 4.79 Å². The Morgan fingerprint density at radius 1 is 1.35 bits per heavy atom. The standard InChI is InChI=1S/C14H22N4OS/c19-14(17-6-8-20-9-7-17)3-2-12-10-13-11-15-4-1-5-18(13)16-12/h10,15H,1-9,11H2. The van der Waals surface area contributed by atoms with Crippen molar-refractivity contribution in [3.8, 4) is 0 Å². The zero-order valence-electron chi connectivity index (χ0n) is 11.8. The molecule has 110 valence electrons. The molecule has 6 heteroatoms. The highest BCUT2D eigenvalue weighted by Crippen LogP contribution is 2.13. The van der Waals surface area contributed by atoms with E-state index in [4.69, 9.17) is 0 Å². The lowest BCUT2D eigenvalue weighted by molar-refractivity contribution is -0.130. The van der Waals surface area contributed by atoms with Crippen LogP contribution in [-0.2, 0) is 24.3 Å². The fourth-order valence-electron chi connectivity index (χ4n) is 2.75. The normalized spacial score (nSPS) is 19.5. The van der Waals surface area contributed by atoms with Gasteiger partial charge < -0.3 is 10.2 Å². The maximum Gasteiger partial charge on any atom is 0.223 e. The fraction of sp³-hybridized carbons (Fsp3) is 0.714. The molecule has 1 fully saturated rings. The van der Waals surface area contributed by atoms with Crippen LogP contribution in [0.4, 0.5) is 0 Å². The number of rotatable bonds is 3. The Balaban J connectivity index is 1.54. The van der Waals surface area contributed by atoms with Crippen LogP contribution >= 0.6 is 11.8 Å². The molecule has 0 unspecified atom stereocenters. The summed E-state index contributed by atoms with van der Waals surface area (Å²) in [5.74, 6) is 2.44. The maximum atomic E-state index is 12.1. The highest BCUT2D eigenvalue weighted by Gasteiger charge is 2.17. The number of hydrogen-bond acceptors (Lipinski definition) is 4. The summed E-state index contributed by atoms with van der Waals surface area (Å²) in [6.07, 6.45) is 2.48. The summed E-state index contributed by atoms with van der Waals surface area (Å²) >= 11 is 1.93. The van der Waals surface area contributed by atoms with Crippen LogP contribution in [0.2, 0.25) is 0 Å². The first-order chi connectivity index (χ1) is 9.83. The average Bonchev–Trinajstić information content (AvgIpc) is 2.75. The van der Waals surface area contributed by atoms with Crippen molar-refractivity contribution in [2.45, 2.75) is 32.4 Å². The molecule has 0 spiro atoms. The second kappa shape index (κ2) is 6.63. The molecule has 0 radical (unpaired) electrons. The number of hydrogen-bond donors (Lipinski definition) is 1. The molecule has 1 amide bonds. The number of aromatic nitrogens is 2. The zero-order valence-corrected chi connectivity index (χ0v) is 12.6. The van der Waals surface area contributed by atoms with E-state index < -0.39 is 0 Å². The van der Waals surface area contributed by atoms with Crippen LogP contribution in [0.5, 0.6) is 0 Å². The lowest BCUT2D eigenvalue weighted by atomic mass is 10.2. The van der Waals surface area contributed by atoms with Crippen molar-refractivity contribution in [2.24, 2.45) is 0 Å². The summed E-state index contributed by atoms with van der Waals surface area (Å²) in [6, 6.07) is 2.15. The van der Waals surface area contributed by atoms with Crippen molar-refractivity contribution in [2.75, 3.05) is 31.1 Å². The van der Waals surface area contributed by atoms with Gasteiger partial charge in [0.2, 0.25) is 5.91 Å². The lowest BCUT2D eigenvalue weighted by Gasteiger charge is -2.26. The molecule has 3 heterocycles. The SMILES string of the molecule is O=C(CCc1cc2n(n1)CCCNC2)N1CCSCC1. The third-order valence-electron chi connectivity index (χ3n) is 3.90. The molecule has 0 atom stereocenters. The van der Waals surface area contributed by atoms with Crippen LogP contribution in [0.1, 0.15) is 24.2 Å². The minimum atomic E-state index is 0.284. The van der Waals surface area contributed by atoms with Crippen LogP contribution in [0.15, 0.2) is 6.07 Å². The van der Waals surface area contributed by atoms with Gasteiger partial charge in [-0.05, 0) is 19.0 Å². The van der Waals surface area contributed by atoms with E-state index in [-0.39, 0.29) is 5.91 Å². The number of nitrogens with zero attached hydrogens (tertiary/aromatic N) is 3. The molecule has 3 rings (SSSR count). The average molecular weight is 294 g/mol. The van der Waals surface area contributed by atoms with Gasteiger partial charge in [-0.2, -0.15) is 16.9 Å². The van der Waals surface area contributed by atoms with Crippen LogP contribution in [0, 0.1) is 0 Å². The largest absolute Gasteiger partial charge is 0.341 e. The summed E-state index contributed by atoms with van der Waals surface area (Å²) in [5, 5.41) is 8.02. The Hall–Kier alpha value is -1.01. The molecular weight excluding hydrogens is 272 g/mol. The van der Waals surface area contributed by atoms with Crippen molar-refractivity contribution in [1.82, 2.24) is 20.0 Å². The van der Waals surface area contributed by atoms with E-state index in [1.165, 1.54) is 5.69 Å². The van der Waals surface area contributed by atoms with Gasteiger partial charge in [0.15, 0.2) is 0 Å². The van der Waals surface area contributed by atoms with Crippen molar-refractivity contribution in [3.63, 3.8) is 0 Å².